The maximum atomic E-state index is 12.7. The number of rotatable bonds is 7. The molecule has 2 aromatic heterocycles. The summed E-state index contributed by atoms with van der Waals surface area (Å²) < 4.78 is 7.63. The molecule has 0 unspecified atom stereocenters. The van der Waals surface area contributed by atoms with Gasteiger partial charge in [0.2, 0.25) is 0 Å². The van der Waals surface area contributed by atoms with E-state index in [0.717, 1.165) is 0 Å². The van der Waals surface area contributed by atoms with Gasteiger partial charge in [0, 0.05) is 23.1 Å². The van der Waals surface area contributed by atoms with E-state index in [2.05, 4.69) is 6.07 Å². The summed E-state index contributed by atoms with van der Waals surface area (Å²) in [6.07, 6.45) is 1.93. The first-order chi connectivity index (χ1) is 12.1. The Morgan fingerprint density at radius 3 is 2.88 bits per heavy atom. The van der Waals surface area contributed by atoms with Gasteiger partial charge in [-0.3, -0.25) is 4.79 Å². The fraction of sp³-hybridized carbons (Fsp3) is 0.211. The van der Waals surface area contributed by atoms with Crippen molar-refractivity contribution in [3.05, 3.63) is 75.7 Å². The molecule has 2 heterocycles. The molecule has 25 heavy (non-hydrogen) atoms. The average molecular weight is 375 g/mol. The van der Waals surface area contributed by atoms with Gasteiger partial charge in [-0.1, -0.05) is 23.7 Å². The smallest absolute Gasteiger partial charge is 0.270 e. The van der Waals surface area contributed by atoms with Crippen LogP contribution in [0.5, 0.6) is 5.75 Å². The summed E-state index contributed by atoms with van der Waals surface area (Å²) >= 11 is 7.62. The molecule has 130 valence electrons. The van der Waals surface area contributed by atoms with Crippen molar-refractivity contribution in [3.8, 4) is 5.75 Å². The van der Waals surface area contributed by atoms with Crippen molar-refractivity contribution in [3.63, 3.8) is 0 Å². The van der Waals surface area contributed by atoms with E-state index in [4.69, 9.17) is 16.3 Å². The van der Waals surface area contributed by atoms with Crippen LogP contribution in [0.1, 0.15) is 15.4 Å². The Morgan fingerprint density at radius 2 is 2.12 bits per heavy atom. The Hall–Kier alpha value is -2.24. The maximum Gasteiger partial charge on any atom is 0.270 e. The molecule has 4 nitrogen and oxygen atoms in total. The first kappa shape index (κ1) is 17.6. The van der Waals surface area contributed by atoms with Gasteiger partial charge >= 0.3 is 0 Å². The molecule has 3 aromatic rings. The highest BCUT2D eigenvalue weighted by atomic mass is 35.5. The summed E-state index contributed by atoms with van der Waals surface area (Å²) in [5, 5.41) is 2.67. The number of amides is 1. The van der Waals surface area contributed by atoms with Crippen LogP contribution in [0.3, 0.4) is 0 Å². The lowest BCUT2D eigenvalue weighted by Crippen LogP contribution is -2.32. The minimum absolute atomic E-state index is 0.0174. The van der Waals surface area contributed by atoms with Gasteiger partial charge in [0.25, 0.3) is 5.91 Å². The maximum absolute atomic E-state index is 12.7. The number of hydrogen-bond acceptors (Lipinski definition) is 3. The predicted molar refractivity (Wildman–Crippen MR) is 102 cm³/mol. The minimum Gasteiger partial charge on any atom is -0.492 e. The van der Waals surface area contributed by atoms with Crippen LogP contribution in [-0.4, -0.2) is 35.6 Å². The van der Waals surface area contributed by atoms with E-state index in [9.17, 15) is 4.79 Å². The summed E-state index contributed by atoms with van der Waals surface area (Å²) in [6.45, 7) is 1.61. The molecule has 0 aliphatic heterocycles. The Balaban J connectivity index is 1.56. The van der Waals surface area contributed by atoms with Crippen molar-refractivity contribution >= 4 is 28.8 Å². The van der Waals surface area contributed by atoms with Crippen LogP contribution in [0, 0.1) is 0 Å². The van der Waals surface area contributed by atoms with Gasteiger partial charge in [-0.15, -0.1) is 11.3 Å². The number of nitrogens with zero attached hydrogens (tertiary/aromatic N) is 2. The van der Waals surface area contributed by atoms with E-state index >= 15 is 0 Å². The van der Waals surface area contributed by atoms with Crippen molar-refractivity contribution in [2.24, 2.45) is 0 Å². The Morgan fingerprint density at radius 1 is 1.24 bits per heavy atom. The molecule has 0 aliphatic rings. The summed E-state index contributed by atoms with van der Waals surface area (Å²) in [5.74, 6) is 0.686. The number of hydrogen-bond donors (Lipinski definition) is 0. The Labute approximate surface area is 156 Å². The lowest BCUT2D eigenvalue weighted by atomic mass is 10.3. The molecular formula is C19H19ClN2O2S. The molecule has 0 saturated carbocycles. The highest BCUT2D eigenvalue weighted by Gasteiger charge is 2.16. The summed E-state index contributed by atoms with van der Waals surface area (Å²) in [6, 6.07) is 15.1. The van der Waals surface area contributed by atoms with Crippen LogP contribution in [0.2, 0.25) is 5.02 Å². The second-order valence-corrected chi connectivity index (χ2v) is 7.10. The third-order valence-corrected chi connectivity index (χ3v) is 4.89. The third-order valence-electron chi connectivity index (χ3n) is 3.79. The zero-order valence-corrected chi connectivity index (χ0v) is 15.5. The van der Waals surface area contributed by atoms with E-state index in [0.29, 0.717) is 36.2 Å². The van der Waals surface area contributed by atoms with Gasteiger partial charge in [0.05, 0.1) is 13.1 Å². The van der Waals surface area contributed by atoms with Gasteiger partial charge < -0.3 is 14.2 Å². The lowest BCUT2D eigenvalue weighted by Gasteiger charge is -2.18. The quantitative estimate of drug-likeness (QED) is 0.614. The minimum atomic E-state index is -0.0174. The normalized spacial score (nSPS) is 10.6. The van der Waals surface area contributed by atoms with Crippen molar-refractivity contribution < 1.29 is 9.53 Å². The largest absolute Gasteiger partial charge is 0.492 e. The number of ether oxygens (including phenoxy) is 1. The monoisotopic (exact) mass is 374 g/mol. The average Bonchev–Trinajstić information content (AvgIpc) is 3.26. The van der Waals surface area contributed by atoms with Gasteiger partial charge in [-0.25, -0.2) is 0 Å². The fourth-order valence-electron chi connectivity index (χ4n) is 2.47. The van der Waals surface area contributed by atoms with Crippen LogP contribution >= 0.6 is 22.9 Å². The van der Waals surface area contributed by atoms with E-state index in [1.165, 1.54) is 4.88 Å². The number of aromatic nitrogens is 1. The molecule has 1 aromatic carbocycles. The molecular weight excluding hydrogens is 356 g/mol. The van der Waals surface area contributed by atoms with Crippen molar-refractivity contribution in [2.45, 2.75) is 6.54 Å². The molecule has 6 heteroatoms. The summed E-state index contributed by atoms with van der Waals surface area (Å²) in [4.78, 5) is 15.6. The van der Waals surface area contributed by atoms with Crippen LogP contribution in [0.25, 0.3) is 0 Å². The standard InChI is InChI=1S/C19H19ClN2O2S/c1-21(10-11-24-16-6-2-5-15(20)13-16)19(23)18-8-3-9-22(18)14-17-7-4-12-25-17/h2-9,12-13H,10-11,14H2,1H3. The number of benzene rings is 1. The first-order valence-corrected chi connectivity index (χ1v) is 9.20. The van der Waals surface area contributed by atoms with E-state index < -0.39 is 0 Å². The van der Waals surface area contributed by atoms with Crippen LogP contribution in [0.15, 0.2) is 60.1 Å². The van der Waals surface area contributed by atoms with Gasteiger partial charge in [0.15, 0.2) is 0 Å². The fourth-order valence-corrected chi connectivity index (χ4v) is 3.35. The number of carbonyl (C=O) groups excluding carboxylic acids is 1. The molecule has 0 bridgehead atoms. The Bertz CT molecular complexity index is 830. The molecule has 0 radical (unpaired) electrons. The molecule has 0 fully saturated rings. The molecule has 0 atom stereocenters. The second-order valence-electron chi connectivity index (χ2n) is 5.63. The zero-order valence-electron chi connectivity index (χ0n) is 13.9. The number of thiophene rings is 1. The SMILES string of the molecule is CN(CCOc1cccc(Cl)c1)C(=O)c1cccn1Cc1cccs1. The molecule has 0 aliphatic carbocycles. The zero-order chi connectivity index (χ0) is 17.6. The van der Waals surface area contributed by atoms with Gasteiger partial charge in [-0.05, 0) is 41.8 Å². The summed E-state index contributed by atoms with van der Waals surface area (Å²) in [5.41, 5.74) is 0.679. The highest BCUT2D eigenvalue weighted by Crippen LogP contribution is 2.17. The second kappa shape index (κ2) is 8.23. The predicted octanol–water partition coefficient (Wildman–Crippen LogP) is 4.40. The molecule has 0 saturated heterocycles. The molecule has 0 N–H and O–H groups in total. The molecule has 1 amide bonds. The van der Waals surface area contributed by atoms with Gasteiger partial charge in [-0.2, -0.15) is 0 Å². The van der Waals surface area contributed by atoms with E-state index in [-0.39, 0.29) is 5.91 Å². The van der Waals surface area contributed by atoms with Crippen molar-refractivity contribution in [1.82, 2.24) is 9.47 Å². The topological polar surface area (TPSA) is 34.5 Å². The summed E-state index contributed by atoms with van der Waals surface area (Å²) in [7, 11) is 1.78. The molecule has 0 spiro atoms. The van der Waals surface area contributed by atoms with Crippen LogP contribution < -0.4 is 4.74 Å². The van der Waals surface area contributed by atoms with Crippen LogP contribution in [-0.2, 0) is 6.54 Å². The molecule has 3 rings (SSSR count). The van der Waals surface area contributed by atoms with Gasteiger partial charge in [0.1, 0.15) is 18.1 Å². The van der Waals surface area contributed by atoms with Crippen LogP contribution in [0.4, 0.5) is 0 Å². The Kier molecular flexibility index (Phi) is 5.79. The lowest BCUT2D eigenvalue weighted by molar-refractivity contribution is 0.0763. The number of likely N-dealkylation sites (N-methyl/N-ethyl adjacent to an activating group) is 1. The first-order valence-electron chi connectivity index (χ1n) is 7.95. The number of halogens is 1. The van der Waals surface area contributed by atoms with E-state index in [1.807, 2.05) is 46.5 Å². The van der Waals surface area contributed by atoms with Crippen molar-refractivity contribution in [2.75, 3.05) is 20.2 Å². The third kappa shape index (κ3) is 4.65. The van der Waals surface area contributed by atoms with E-state index in [1.54, 1.807) is 35.4 Å². The highest BCUT2D eigenvalue weighted by molar-refractivity contribution is 7.09. The number of carbonyl (C=O) groups is 1. The van der Waals surface area contributed by atoms with Crippen molar-refractivity contribution in [1.29, 1.82) is 0 Å².